The van der Waals surface area contributed by atoms with Crippen LogP contribution in [0.5, 0.6) is 0 Å². The van der Waals surface area contributed by atoms with Crippen LogP contribution in [0.1, 0.15) is 31.4 Å². The predicted molar refractivity (Wildman–Crippen MR) is 129 cm³/mol. The van der Waals surface area contributed by atoms with Crippen molar-refractivity contribution < 1.29 is 14.4 Å². The summed E-state index contributed by atoms with van der Waals surface area (Å²) in [4.78, 5) is 38.1. The lowest BCUT2D eigenvalue weighted by Crippen LogP contribution is -2.48. The van der Waals surface area contributed by atoms with Gasteiger partial charge < -0.3 is 9.88 Å². The molecule has 1 fully saturated rings. The van der Waals surface area contributed by atoms with E-state index in [4.69, 9.17) is 0 Å². The van der Waals surface area contributed by atoms with Crippen molar-refractivity contribution in [3.8, 4) is 11.4 Å². The lowest BCUT2D eigenvalue weighted by molar-refractivity contribution is -0.138. The van der Waals surface area contributed by atoms with E-state index in [-0.39, 0.29) is 5.75 Å². The fourth-order valence-corrected chi connectivity index (χ4v) is 4.57. The third kappa shape index (κ3) is 4.54. The molecular formula is C24H26N6O3S. The van der Waals surface area contributed by atoms with E-state index < -0.39 is 23.4 Å². The first-order chi connectivity index (χ1) is 16.3. The van der Waals surface area contributed by atoms with Gasteiger partial charge in [0.25, 0.3) is 5.91 Å². The summed E-state index contributed by atoms with van der Waals surface area (Å²) in [5.74, 6) is -0.331. The number of imide groups is 1. The number of nitrogens with zero attached hydrogens (tertiary/aromatic N) is 4. The molecule has 4 rings (SSSR count). The molecule has 1 aromatic heterocycles. The molecule has 34 heavy (non-hydrogen) atoms. The number of hydrazine groups is 1. The minimum Gasteiger partial charge on any atom is -0.318 e. The number of thioether (sulfide) groups is 1. The number of hydrogen-bond donors (Lipinski definition) is 2. The normalized spacial score (nSPS) is 17.7. The minimum atomic E-state index is -1.25. The van der Waals surface area contributed by atoms with E-state index in [2.05, 4.69) is 27.9 Å². The van der Waals surface area contributed by atoms with E-state index in [1.165, 1.54) is 11.8 Å². The lowest BCUT2D eigenvalue weighted by Gasteiger charge is -2.22. The Bertz CT molecular complexity index is 1230. The Morgan fingerprint density at radius 3 is 2.59 bits per heavy atom. The van der Waals surface area contributed by atoms with Crippen molar-refractivity contribution in [2.75, 3.05) is 5.75 Å². The van der Waals surface area contributed by atoms with Gasteiger partial charge in [0, 0.05) is 12.1 Å². The highest BCUT2D eigenvalue weighted by Gasteiger charge is 2.49. The second kappa shape index (κ2) is 9.68. The molecule has 2 aromatic carbocycles. The van der Waals surface area contributed by atoms with Crippen molar-refractivity contribution in [2.45, 2.75) is 44.4 Å². The average molecular weight is 479 g/mol. The summed E-state index contributed by atoms with van der Waals surface area (Å²) in [6.07, 6.45) is 0.872. The van der Waals surface area contributed by atoms with Crippen molar-refractivity contribution >= 4 is 29.6 Å². The summed E-state index contributed by atoms with van der Waals surface area (Å²) >= 11 is 1.20. The molecule has 2 heterocycles. The summed E-state index contributed by atoms with van der Waals surface area (Å²) in [5.41, 5.74) is 3.89. The largest absolute Gasteiger partial charge is 0.344 e. The molecule has 0 spiro atoms. The van der Waals surface area contributed by atoms with E-state index in [1.807, 2.05) is 41.8 Å². The minimum absolute atomic E-state index is 0.0330. The van der Waals surface area contributed by atoms with Crippen molar-refractivity contribution in [2.24, 2.45) is 0 Å². The van der Waals surface area contributed by atoms with Gasteiger partial charge in [-0.3, -0.25) is 15.0 Å². The number of aromatic nitrogens is 3. The van der Waals surface area contributed by atoms with Gasteiger partial charge in [-0.1, -0.05) is 72.8 Å². The number of carbonyl (C=O) groups is 3. The zero-order chi connectivity index (χ0) is 24.3. The number of amides is 4. The monoisotopic (exact) mass is 478 g/mol. The zero-order valence-corrected chi connectivity index (χ0v) is 20.1. The van der Waals surface area contributed by atoms with Gasteiger partial charge in [0.1, 0.15) is 5.54 Å². The molecule has 1 aliphatic rings. The smallest absolute Gasteiger partial charge is 0.318 e. The SMILES string of the molecule is CCCn1c(SCC(=O)NN2C(=O)NC(C)(c3ccccc3)C2=O)nnc1-c1cccc(C)c1. The fourth-order valence-electron chi connectivity index (χ4n) is 3.81. The molecule has 4 amide bonds. The van der Waals surface area contributed by atoms with Gasteiger partial charge in [0.2, 0.25) is 5.91 Å². The van der Waals surface area contributed by atoms with Crippen LogP contribution in [0.15, 0.2) is 59.8 Å². The first-order valence-electron chi connectivity index (χ1n) is 11.0. The molecule has 0 saturated carbocycles. The maximum absolute atomic E-state index is 13.0. The Balaban J connectivity index is 1.44. The Morgan fingerprint density at radius 2 is 1.88 bits per heavy atom. The number of urea groups is 1. The molecule has 10 heteroatoms. The Labute approximate surface area is 201 Å². The van der Waals surface area contributed by atoms with Crippen LogP contribution in [0.3, 0.4) is 0 Å². The van der Waals surface area contributed by atoms with Crippen LogP contribution < -0.4 is 10.7 Å². The van der Waals surface area contributed by atoms with E-state index in [1.54, 1.807) is 31.2 Å². The maximum atomic E-state index is 13.0. The molecular weight excluding hydrogens is 452 g/mol. The van der Waals surface area contributed by atoms with Crippen LogP contribution >= 0.6 is 11.8 Å². The molecule has 9 nitrogen and oxygen atoms in total. The maximum Gasteiger partial charge on any atom is 0.344 e. The van der Waals surface area contributed by atoms with Crippen molar-refractivity contribution in [1.29, 1.82) is 0 Å². The van der Waals surface area contributed by atoms with E-state index in [9.17, 15) is 14.4 Å². The predicted octanol–water partition coefficient (Wildman–Crippen LogP) is 3.25. The summed E-state index contributed by atoms with van der Waals surface area (Å²) in [7, 11) is 0. The van der Waals surface area contributed by atoms with Gasteiger partial charge in [0.05, 0.1) is 5.75 Å². The van der Waals surface area contributed by atoms with E-state index in [0.29, 0.717) is 17.3 Å². The quantitative estimate of drug-likeness (QED) is 0.380. The Morgan fingerprint density at radius 1 is 1.12 bits per heavy atom. The van der Waals surface area contributed by atoms with Crippen molar-refractivity contribution in [1.82, 2.24) is 30.5 Å². The van der Waals surface area contributed by atoms with E-state index in [0.717, 1.165) is 28.4 Å². The highest BCUT2D eigenvalue weighted by molar-refractivity contribution is 7.99. The number of benzene rings is 2. The van der Waals surface area contributed by atoms with Gasteiger partial charge in [-0.15, -0.1) is 10.2 Å². The van der Waals surface area contributed by atoms with Gasteiger partial charge in [-0.25, -0.2) is 4.79 Å². The number of nitrogens with one attached hydrogen (secondary N) is 2. The van der Waals surface area contributed by atoms with Crippen LogP contribution in [0.2, 0.25) is 0 Å². The first-order valence-corrected chi connectivity index (χ1v) is 12.0. The Kier molecular flexibility index (Phi) is 6.69. The van der Waals surface area contributed by atoms with Gasteiger partial charge in [-0.2, -0.15) is 5.01 Å². The Hall–Kier alpha value is -3.66. The standard InChI is InChI=1S/C24H26N6O3S/c1-4-13-29-20(17-10-8-9-16(2)14-17)26-27-23(29)34-15-19(31)28-30-21(32)24(3,25-22(30)33)18-11-6-5-7-12-18/h5-12,14H,4,13,15H2,1-3H3,(H,25,33)(H,28,31). The van der Waals surface area contributed by atoms with Crippen LogP contribution in [0.25, 0.3) is 11.4 Å². The fraction of sp³-hybridized carbons (Fsp3) is 0.292. The van der Waals surface area contributed by atoms with Crippen LogP contribution in [-0.2, 0) is 21.7 Å². The summed E-state index contributed by atoms with van der Waals surface area (Å²) < 4.78 is 1.98. The molecule has 0 aliphatic carbocycles. The zero-order valence-electron chi connectivity index (χ0n) is 19.2. The number of aryl methyl sites for hydroxylation is 1. The number of hydrogen-bond acceptors (Lipinski definition) is 6. The summed E-state index contributed by atoms with van der Waals surface area (Å²) in [6, 6.07) is 16.2. The average Bonchev–Trinajstić information content (AvgIpc) is 3.32. The number of rotatable bonds is 8. The molecule has 0 radical (unpaired) electrons. The van der Waals surface area contributed by atoms with Crippen molar-refractivity contribution in [3.63, 3.8) is 0 Å². The van der Waals surface area contributed by atoms with E-state index >= 15 is 0 Å². The highest BCUT2D eigenvalue weighted by atomic mass is 32.2. The first kappa shape index (κ1) is 23.5. The summed E-state index contributed by atoms with van der Waals surface area (Å²) in [5, 5.41) is 12.6. The molecule has 2 N–H and O–H groups in total. The van der Waals surface area contributed by atoms with Gasteiger partial charge in [0.15, 0.2) is 11.0 Å². The van der Waals surface area contributed by atoms with Crippen LogP contribution in [-0.4, -0.2) is 43.4 Å². The summed E-state index contributed by atoms with van der Waals surface area (Å²) in [6.45, 7) is 6.39. The van der Waals surface area contributed by atoms with Gasteiger partial charge in [-0.05, 0) is 31.9 Å². The second-order valence-electron chi connectivity index (χ2n) is 8.21. The number of carbonyl (C=O) groups excluding carboxylic acids is 3. The lowest BCUT2D eigenvalue weighted by atomic mass is 9.92. The van der Waals surface area contributed by atoms with Crippen LogP contribution in [0.4, 0.5) is 4.79 Å². The topological polar surface area (TPSA) is 109 Å². The van der Waals surface area contributed by atoms with Crippen LogP contribution in [0, 0.1) is 6.92 Å². The molecule has 1 unspecified atom stereocenters. The molecule has 0 bridgehead atoms. The molecule has 176 valence electrons. The third-order valence-corrected chi connectivity index (χ3v) is 6.52. The second-order valence-corrected chi connectivity index (χ2v) is 9.16. The molecule has 1 aliphatic heterocycles. The molecule has 3 aromatic rings. The van der Waals surface area contributed by atoms with Crippen molar-refractivity contribution in [3.05, 3.63) is 65.7 Å². The van der Waals surface area contributed by atoms with Gasteiger partial charge >= 0.3 is 6.03 Å². The molecule has 1 saturated heterocycles. The molecule has 1 atom stereocenters. The third-order valence-electron chi connectivity index (χ3n) is 5.55. The highest BCUT2D eigenvalue weighted by Crippen LogP contribution is 2.28.